The third-order valence-electron chi connectivity index (χ3n) is 4.55. The Morgan fingerprint density at radius 2 is 2.00 bits per heavy atom. The summed E-state index contributed by atoms with van der Waals surface area (Å²) in [5.41, 5.74) is 1.00. The Bertz CT molecular complexity index is 875. The lowest BCUT2D eigenvalue weighted by Crippen LogP contribution is -2.17. The fourth-order valence-electron chi connectivity index (χ4n) is 3.31. The molecule has 0 aromatic carbocycles. The Kier molecular flexibility index (Phi) is 5.78. The number of pyridine rings is 1. The second-order valence-corrected chi connectivity index (χ2v) is 8.22. The number of nitrogens with one attached hydrogen (secondary N) is 1. The molecule has 27 heavy (non-hydrogen) atoms. The Morgan fingerprint density at radius 1 is 1.19 bits per heavy atom. The topological polar surface area (TPSA) is 85.6 Å². The van der Waals surface area contributed by atoms with Gasteiger partial charge in [-0.1, -0.05) is 31.0 Å². The minimum Gasteiger partial charge on any atom is -0.301 e. The highest BCUT2D eigenvalue weighted by Crippen LogP contribution is 2.35. The summed E-state index contributed by atoms with van der Waals surface area (Å²) in [5, 5.41) is 14.9. The van der Waals surface area contributed by atoms with Crippen LogP contribution in [0.4, 0.5) is 5.13 Å². The van der Waals surface area contributed by atoms with Gasteiger partial charge in [0.2, 0.25) is 5.91 Å². The summed E-state index contributed by atoms with van der Waals surface area (Å²) in [7, 11) is 0. The summed E-state index contributed by atoms with van der Waals surface area (Å²) < 4.78 is 2.22. The molecule has 1 aliphatic rings. The number of hydrogen-bond acceptors (Lipinski definition) is 7. The van der Waals surface area contributed by atoms with Gasteiger partial charge in [0, 0.05) is 35.6 Å². The van der Waals surface area contributed by atoms with Crippen LogP contribution in [0.3, 0.4) is 0 Å². The maximum absolute atomic E-state index is 12.2. The van der Waals surface area contributed by atoms with E-state index in [0.717, 1.165) is 29.4 Å². The van der Waals surface area contributed by atoms with Crippen LogP contribution in [-0.4, -0.2) is 36.4 Å². The molecule has 0 atom stereocenters. The summed E-state index contributed by atoms with van der Waals surface area (Å²) in [6.45, 7) is 0. The third kappa shape index (κ3) is 4.36. The number of amides is 1. The number of aromatic nitrogens is 5. The fraction of sp³-hybridized carbons (Fsp3) is 0.389. The zero-order valence-electron chi connectivity index (χ0n) is 14.7. The highest BCUT2D eigenvalue weighted by Gasteiger charge is 2.24. The molecule has 1 aliphatic carbocycles. The van der Waals surface area contributed by atoms with Crippen LogP contribution in [0.5, 0.6) is 0 Å². The molecule has 3 aromatic heterocycles. The van der Waals surface area contributed by atoms with Crippen molar-refractivity contribution in [1.82, 2.24) is 24.7 Å². The van der Waals surface area contributed by atoms with Crippen molar-refractivity contribution < 1.29 is 4.79 Å². The standard InChI is InChI=1S/C18H20N6OS2/c25-15(21-17-20-10-11-26-17)12-27-18-23-22-16(13-6-8-19-9-7-13)24(18)14-4-2-1-3-5-14/h6-11,14H,1-5,12H2,(H,20,21,25). The molecule has 0 spiro atoms. The summed E-state index contributed by atoms with van der Waals surface area (Å²) in [6, 6.07) is 4.28. The van der Waals surface area contributed by atoms with Crippen molar-refractivity contribution in [1.29, 1.82) is 0 Å². The Labute approximate surface area is 165 Å². The lowest BCUT2D eigenvalue weighted by molar-refractivity contribution is -0.113. The normalized spacial score (nSPS) is 15.0. The number of anilines is 1. The second-order valence-electron chi connectivity index (χ2n) is 6.38. The monoisotopic (exact) mass is 400 g/mol. The van der Waals surface area contributed by atoms with Gasteiger partial charge >= 0.3 is 0 Å². The number of carbonyl (C=O) groups is 1. The van der Waals surface area contributed by atoms with Gasteiger partial charge in [0.15, 0.2) is 16.1 Å². The van der Waals surface area contributed by atoms with E-state index < -0.39 is 0 Å². The van der Waals surface area contributed by atoms with Crippen LogP contribution >= 0.6 is 23.1 Å². The lowest BCUT2D eigenvalue weighted by atomic mass is 9.95. The fourth-order valence-corrected chi connectivity index (χ4v) is 4.66. The van der Waals surface area contributed by atoms with Crippen molar-refractivity contribution in [3.8, 4) is 11.4 Å². The largest absolute Gasteiger partial charge is 0.301 e. The highest BCUT2D eigenvalue weighted by molar-refractivity contribution is 7.99. The van der Waals surface area contributed by atoms with Crippen molar-refractivity contribution in [2.24, 2.45) is 0 Å². The molecule has 0 unspecified atom stereocenters. The van der Waals surface area contributed by atoms with Crippen molar-refractivity contribution >= 4 is 34.1 Å². The van der Waals surface area contributed by atoms with Gasteiger partial charge in [-0.3, -0.25) is 14.3 Å². The zero-order chi connectivity index (χ0) is 18.5. The number of thiazole rings is 1. The van der Waals surface area contributed by atoms with Gasteiger partial charge in [-0.25, -0.2) is 4.98 Å². The van der Waals surface area contributed by atoms with E-state index in [1.54, 1.807) is 18.6 Å². The average Bonchev–Trinajstić information content (AvgIpc) is 3.37. The van der Waals surface area contributed by atoms with E-state index in [9.17, 15) is 4.79 Å². The average molecular weight is 401 g/mol. The molecule has 0 radical (unpaired) electrons. The van der Waals surface area contributed by atoms with Crippen molar-refractivity contribution in [3.63, 3.8) is 0 Å². The Morgan fingerprint density at radius 3 is 2.74 bits per heavy atom. The molecule has 9 heteroatoms. The first-order valence-corrected chi connectivity index (χ1v) is 10.9. The van der Waals surface area contributed by atoms with E-state index in [-0.39, 0.29) is 11.7 Å². The van der Waals surface area contributed by atoms with Gasteiger partial charge < -0.3 is 5.32 Å². The van der Waals surface area contributed by atoms with Crippen LogP contribution in [0.1, 0.15) is 38.1 Å². The van der Waals surface area contributed by atoms with E-state index >= 15 is 0 Å². The van der Waals surface area contributed by atoms with Crippen molar-refractivity contribution in [2.75, 3.05) is 11.1 Å². The summed E-state index contributed by atoms with van der Waals surface area (Å²) in [6.07, 6.45) is 11.2. The van der Waals surface area contributed by atoms with E-state index in [1.165, 1.54) is 42.4 Å². The summed E-state index contributed by atoms with van der Waals surface area (Å²) in [5.74, 6) is 1.05. The lowest BCUT2D eigenvalue weighted by Gasteiger charge is -2.25. The van der Waals surface area contributed by atoms with Crippen LogP contribution in [0.15, 0.2) is 41.3 Å². The number of nitrogens with zero attached hydrogens (tertiary/aromatic N) is 5. The molecule has 1 fully saturated rings. The van der Waals surface area contributed by atoms with Gasteiger partial charge in [-0.05, 0) is 25.0 Å². The van der Waals surface area contributed by atoms with Crippen LogP contribution in [-0.2, 0) is 4.79 Å². The van der Waals surface area contributed by atoms with E-state index in [2.05, 4.69) is 30.0 Å². The number of carbonyl (C=O) groups excluding carboxylic acids is 1. The molecular formula is C18H20N6OS2. The van der Waals surface area contributed by atoms with Crippen molar-refractivity contribution in [3.05, 3.63) is 36.1 Å². The molecule has 1 amide bonds. The van der Waals surface area contributed by atoms with Gasteiger partial charge in [-0.15, -0.1) is 21.5 Å². The van der Waals surface area contributed by atoms with Crippen molar-refractivity contribution in [2.45, 2.75) is 43.3 Å². The predicted molar refractivity (Wildman–Crippen MR) is 107 cm³/mol. The van der Waals surface area contributed by atoms with Gasteiger partial charge in [0.05, 0.1) is 5.75 Å². The first kappa shape index (κ1) is 18.1. The SMILES string of the molecule is O=C(CSc1nnc(-c2ccncc2)n1C1CCCCC1)Nc1nccs1. The zero-order valence-corrected chi connectivity index (χ0v) is 16.4. The smallest absolute Gasteiger partial charge is 0.236 e. The first-order chi connectivity index (χ1) is 13.3. The minimum absolute atomic E-state index is 0.0846. The highest BCUT2D eigenvalue weighted by atomic mass is 32.2. The molecule has 3 aromatic rings. The number of rotatable bonds is 6. The Balaban J connectivity index is 1.54. The molecule has 1 saturated carbocycles. The van der Waals surface area contributed by atoms with E-state index in [1.807, 2.05) is 17.5 Å². The molecule has 0 saturated heterocycles. The maximum atomic E-state index is 12.2. The van der Waals surface area contributed by atoms with Crippen LogP contribution in [0.2, 0.25) is 0 Å². The minimum atomic E-state index is -0.0846. The van der Waals surface area contributed by atoms with Gasteiger partial charge in [0.25, 0.3) is 0 Å². The molecule has 7 nitrogen and oxygen atoms in total. The number of thioether (sulfide) groups is 1. The van der Waals surface area contributed by atoms with Crippen LogP contribution in [0.25, 0.3) is 11.4 Å². The maximum Gasteiger partial charge on any atom is 0.236 e. The first-order valence-electron chi connectivity index (χ1n) is 8.98. The molecular weight excluding hydrogens is 380 g/mol. The molecule has 3 heterocycles. The summed E-state index contributed by atoms with van der Waals surface area (Å²) in [4.78, 5) is 20.4. The third-order valence-corrected chi connectivity index (χ3v) is 6.19. The van der Waals surface area contributed by atoms with Crippen LogP contribution in [0, 0.1) is 0 Å². The van der Waals surface area contributed by atoms with Gasteiger partial charge in [0.1, 0.15) is 0 Å². The second kappa shape index (κ2) is 8.62. The molecule has 0 bridgehead atoms. The quantitative estimate of drug-likeness (QED) is 0.629. The number of hydrogen-bond donors (Lipinski definition) is 1. The van der Waals surface area contributed by atoms with E-state index in [0.29, 0.717) is 11.2 Å². The molecule has 4 rings (SSSR count). The molecule has 1 N–H and O–H groups in total. The summed E-state index contributed by atoms with van der Waals surface area (Å²) >= 11 is 2.83. The predicted octanol–water partition coefficient (Wildman–Crippen LogP) is 4.03. The molecule has 140 valence electrons. The van der Waals surface area contributed by atoms with Crippen LogP contribution < -0.4 is 5.32 Å². The Hall–Kier alpha value is -2.26. The van der Waals surface area contributed by atoms with E-state index in [4.69, 9.17) is 0 Å². The molecule has 0 aliphatic heterocycles. The van der Waals surface area contributed by atoms with Gasteiger partial charge in [-0.2, -0.15) is 0 Å².